The van der Waals surface area contributed by atoms with E-state index >= 15 is 0 Å². The number of aliphatic hydroxyl groups excluding tert-OH is 1. The van der Waals surface area contributed by atoms with Crippen molar-refractivity contribution in [3.63, 3.8) is 0 Å². The van der Waals surface area contributed by atoms with Gasteiger partial charge in [0.15, 0.2) is 0 Å². The molecule has 1 atom stereocenters. The highest BCUT2D eigenvalue weighted by Crippen LogP contribution is 2.20. The molecule has 0 bridgehead atoms. The van der Waals surface area contributed by atoms with Crippen molar-refractivity contribution in [3.05, 3.63) is 63.9 Å². The topological polar surface area (TPSA) is 29.5 Å². The zero-order chi connectivity index (χ0) is 15.2. The Labute approximate surface area is 132 Å². The average Bonchev–Trinajstić information content (AvgIpc) is 2.42. The second-order valence-electron chi connectivity index (χ2n) is 5.05. The Morgan fingerprint density at radius 2 is 2.05 bits per heavy atom. The molecule has 1 unspecified atom stereocenters. The summed E-state index contributed by atoms with van der Waals surface area (Å²) in [5.74, 6) is 0.521. The molecule has 112 valence electrons. The summed E-state index contributed by atoms with van der Waals surface area (Å²) in [7, 11) is 0. The van der Waals surface area contributed by atoms with Crippen LogP contribution < -0.4 is 4.74 Å². The van der Waals surface area contributed by atoms with Gasteiger partial charge < -0.3 is 9.84 Å². The van der Waals surface area contributed by atoms with Crippen LogP contribution in [0.25, 0.3) is 0 Å². The van der Waals surface area contributed by atoms with Crippen molar-refractivity contribution < 1.29 is 14.2 Å². The Bertz CT molecular complexity index is 601. The summed E-state index contributed by atoms with van der Waals surface area (Å²) >= 11 is 3.31. The lowest BCUT2D eigenvalue weighted by atomic mass is 10.1. The summed E-state index contributed by atoms with van der Waals surface area (Å²) in [6.45, 7) is 2.46. The van der Waals surface area contributed by atoms with Gasteiger partial charge in [-0.25, -0.2) is 4.39 Å². The molecule has 1 N–H and O–H groups in total. The third-order valence-corrected chi connectivity index (χ3v) is 3.92. The molecule has 0 aliphatic carbocycles. The minimum Gasteiger partial charge on any atom is -0.493 e. The molecule has 0 saturated carbocycles. The summed E-state index contributed by atoms with van der Waals surface area (Å²) in [6, 6.07) is 12.3. The molecule has 0 aromatic heterocycles. The summed E-state index contributed by atoms with van der Waals surface area (Å²) in [6.07, 6.45) is 0.479. The predicted octanol–water partition coefficient (Wildman–Crippen LogP) is 4.27. The van der Waals surface area contributed by atoms with E-state index in [4.69, 9.17) is 4.74 Å². The number of hydrogen-bond acceptors (Lipinski definition) is 2. The van der Waals surface area contributed by atoms with Gasteiger partial charge in [0, 0.05) is 10.9 Å². The fraction of sp³-hybridized carbons (Fsp3) is 0.294. The van der Waals surface area contributed by atoms with Crippen LogP contribution in [-0.2, 0) is 6.42 Å². The molecule has 0 heterocycles. The molecule has 2 aromatic carbocycles. The van der Waals surface area contributed by atoms with Gasteiger partial charge in [-0.1, -0.05) is 34.1 Å². The summed E-state index contributed by atoms with van der Waals surface area (Å²) in [5.41, 5.74) is 2.03. The minimum atomic E-state index is -0.517. The van der Waals surface area contributed by atoms with Gasteiger partial charge in [-0.15, -0.1) is 0 Å². The minimum absolute atomic E-state index is 0.289. The molecule has 0 spiro atoms. The Morgan fingerprint density at radius 3 is 2.76 bits per heavy atom. The largest absolute Gasteiger partial charge is 0.493 e. The van der Waals surface area contributed by atoms with Crippen LogP contribution in [0, 0.1) is 12.7 Å². The second-order valence-corrected chi connectivity index (χ2v) is 5.90. The number of halogens is 2. The quantitative estimate of drug-likeness (QED) is 0.841. The normalized spacial score (nSPS) is 12.2. The van der Waals surface area contributed by atoms with E-state index in [9.17, 15) is 9.50 Å². The van der Waals surface area contributed by atoms with Crippen LogP contribution >= 0.6 is 15.9 Å². The van der Waals surface area contributed by atoms with E-state index in [0.29, 0.717) is 23.9 Å². The molecule has 0 amide bonds. The Hall–Kier alpha value is -1.39. The maximum Gasteiger partial charge on any atom is 0.124 e. The first-order valence-corrected chi connectivity index (χ1v) is 7.65. The lowest BCUT2D eigenvalue weighted by Crippen LogP contribution is -2.15. The smallest absolute Gasteiger partial charge is 0.124 e. The number of ether oxygens (including phenoxy) is 1. The van der Waals surface area contributed by atoms with Crippen molar-refractivity contribution in [2.45, 2.75) is 25.9 Å². The molecule has 0 radical (unpaired) electrons. The molecule has 0 saturated heterocycles. The van der Waals surface area contributed by atoms with Gasteiger partial charge in [-0.3, -0.25) is 0 Å². The van der Waals surface area contributed by atoms with Crippen molar-refractivity contribution >= 4 is 15.9 Å². The summed E-state index contributed by atoms with van der Waals surface area (Å²) in [4.78, 5) is 0. The van der Waals surface area contributed by atoms with Crippen molar-refractivity contribution in [1.82, 2.24) is 0 Å². The molecule has 0 aliphatic heterocycles. The fourth-order valence-corrected chi connectivity index (χ4v) is 2.57. The highest BCUT2D eigenvalue weighted by molar-refractivity contribution is 9.10. The summed E-state index contributed by atoms with van der Waals surface area (Å²) in [5, 5.41) is 10.0. The van der Waals surface area contributed by atoms with E-state index in [-0.39, 0.29) is 5.82 Å². The van der Waals surface area contributed by atoms with E-state index in [0.717, 1.165) is 16.9 Å². The molecule has 21 heavy (non-hydrogen) atoms. The van der Waals surface area contributed by atoms with E-state index in [1.165, 1.54) is 12.1 Å². The SMILES string of the molecule is Cc1cccc(OCCC(O)Cc2ccc(F)cc2Br)c1. The van der Waals surface area contributed by atoms with Crippen molar-refractivity contribution in [3.8, 4) is 5.75 Å². The first kappa shape index (κ1) is 16.0. The lowest BCUT2D eigenvalue weighted by molar-refractivity contribution is 0.139. The van der Waals surface area contributed by atoms with Crippen LogP contribution in [0.15, 0.2) is 46.9 Å². The van der Waals surface area contributed by atoms with Gasteiger partial charge in [0.2, 0.25) is 0 Å². The van der Waals surface area contributed by atoms with Crippen LogP contribution in [0.3, 0.4) is 0 Å². The number of aliphatic hydroxyl groups is 1. The van der Waals surface area contributed by atoms with Crippen LogP contribution in [-0.4, -0.2) is 17.8 Å². The third-order valence-electron chi connectivity index (χ3n) is 3.18. The molecule has 2 nitrogen and oxygen atoms in total. The first-order chi connectivity index (χ1) is 10.0. The van der Waals surface area contributed by atoms with Crippen LogP contribution in [0.4, 0.5) is 4.39 Å². The van der Waals surface area contributed by atoms with Crippen LogP contribution in [0.5, 0.6) is 5.75 Å². The fourth-order valence-electron chi connectivity index (χ4n) is 2.06. The number of aryl methyl sites for hydroxylation is 1. The van der Waals surface area contributed by atoms with E-state index in [2.05, 4.69) is 15.9 Å². The molecular formula is C17H18BrFO2. The van der Waals surface area contributed by atoms with Crippen LogP contribution in [0.1, 0.15) is 17.5 Å². The molecular weight excluding hydrogens is 335 g/mol. The number of benzene rings is 2. The molecule has 2 rings (SSSR count). The predicted molar refractivity (Wildman–Crippen MR) is 85.1 cm³/mol. The summed E-state index contributed by atoms with van der Waals surface area (Å²) < 4.78 is 19.3. The van der Waals surface area contributed by atoms with Crippen molar-refractivity contribution in [1.29, 1.82) is 0 Å². The zero-order valence-electron chi connectivity index (χ0n) is 11.9. The Kier molecular flexibility index (Phi) is 5.76. The molecule has 0 fully saturated rings. The monoisotopic (exact) mass is 352 g/mol. The standard InChI is InChI=1S/C17H18BrFO2/c1-12-3-2-4-16(9-12)21-8-7-15(20)10-13-5-6-14(19)11-17(13)18/h2-6,9,11,15,20H,7-8,10H2,1H3. The zero-order valence-corrected chi connectivity index (χ0v) is 13.4. The van der Waals surface area contributed by atoms with Crippen molar-refractivity contribution in [2.75, 3.05) is 6.61 Å². The highest BCUT2D eigenvalue weighted by atomic mass is 79.9. The Balaban J connectivity index is 1.81. The van der Waals surface area contributed by atoms with Gasteiger partial charge in [0.1, 0.15) is 11.6 Å². The van der Waals surface area contributed by atoms with E-state index in [1.807, 2.05) is 31.2 Å². The number of rotatable bonds is 6. The van der Waals surface area contributed by atoms with Crippen LogP contribution in [0.2, 0.25) is 0 Å². The number of hydrogen-bond donors (Lipinski definition) is 1. The average molecular weight is 353 g/mol. The maximum atomic E-state index is 13.0. The second kappa shape index (κ2) is 7.57. The van der Waals surface area contributed by atoms with Gasteiger partial charge in [0.25, 0.3) is 0 Å². The van der Waals surface area contributed by atoms with Gasteiger partial charge in [0.05, 0.1) is 12.7 Å². The van der Waals surface area contributed by atoms with Gasteiger partial charge >= 0.3 is 0 Å². The first-order valence-electron chi connectivity index (χ1n) is 6.86. The third kappa shape index (κ3) is 5.14. The van der Waals surface area contributed by atoms with Gasteiger partial charge in [-0.05, 0) is 48.7 Å². The maximum absolute atomic E-state index is 13.0. The van der Waals surface area contributed by atoms with E-state index < -0.39 is 6.10 Å². The molecule has 4 heteroatoms. The molecule has 0 aliphatic rings. The Morgan fingerprint density at radius 1 is 1.24 bits per heavy atom. The van der Waals surface area contributed by atoms with E-state index in [1.54, 1.807) is 6.07 Å². The highest BCUT2D eigenvalue weighted by Gasteiger charge is 2.09. The van der Waals surface area contributed by atoms with Gasteiger partial charge in [-0.2, -0.15) is 0 Å². The van der Waals surface area contributed by atoms with Crippen molar-refractivity contribution in [2.24, 2.45) is 0 Å². The lowest BCUT2D eigenvalue weighted by Gasteiger charge is -2.13. The molecule has 2 aromatic rings.